The fraction of sp³-hybridized carbons (Fsp3) is 0.0667. The van der Waals surface area contributed by atoms with Crippen LogP contribution in [0.25, 0.3) is 0 Å². The molecule has 0 spiro atoms. The summed E-state index contributed by atoms with van der Waals surface area (Å²) in [5, 5.41) is 0.548. The van der Waals surface area contributed by atoms with Crippen molar-refractivity contribution in [1.82, 2.24) is 0 Å². The highest BCUT2D eigenvalue weighted by Gasteiger charge is 2.11. The molecule has 114 valence electrons. The van der Waals surface area contributed by atoms with Gasteiger partial charge in [0, 0.05) is 9.50 Å². The molecular formula is C15H9Br2ClO4. The zero-order valence-electron chi connectivity index (χ0n) is 11.0. The van der Waals surface area contributed by atoms with Crippen LogP contribution < -0.4 is 9.47 Å². The number of halogens is 3. The lowest BCUT2D eigenvalue weighted by molar-refractivity contribution is -0.136. The van der Waals surface area contributed by atoms with Crippen molar-refractivity contribution in [3.8, 4) is 11.5 Å². The quantitative estimate of drug-likeness (QED) is 0.379. The van der Waals surface area contributed by atoms with E-state index in [0.29, 0.717) is 21.5 Å². The molecular weight excluding hydrogens is 439 g/mol. The van der Waals surface area contributed by atoms with Crippen LogP contribution in [0, 0.1) is 0 Å². The van der Waals surface area contributed by atoms with Crippen molar-refractivity contribution < 1.29 is 19.1 Å². The molecule has 4 nitrogen and oxygen atoms in total. The van der Waals surface area contributed by atoms with E-state index in [0.717, 1.165) is 4.47 Å². The van der Waals surface area contributed by atoms with Crippen LogP contribution in [0.1, 0.15) is 10.4 Å². The number of benzene rings is 2. The summed E-state index contributed by atoms with van der Waals surface area (Å²) in [5.74, 6) is 0.0296. The van der Waals surface area contributed by atoms with Crippen LogP contribution in [-0.2, 0) is 4.79 Å². The fourth-order valence-electron chi connectivity index (χ4n) is 1.59. The van der Waals surface area contributed by atoms with E-state index in [-0.39, 0.29) is 17.9 Å². The van der Waals surface area contributed by atoms with Gasteiger partial charge in [-0.05, 0) is 52.3 Å². The molecule has 0 aliphatic carbocycles. The average molecular weight is 448 g/mol. The third kappa shape index (κ3) is 4.56. The van der Waals surface area contributed by atoms with Crippen molar-refractivity contribution >= 4 is 55.7 Å². The molecule has 0 heterocycles. The van der Waals surface area contributed by atoms with E-state index in [9.17, 15) is 9.59 Å². The second kappa shape index (κ2) is 7.76. The monoisotopic (exact) mass is 446 g/mol. The van der Waals surface area contributed by atoms with E-state index in [1.54, 1.807) is 30.3 Å². The van der Waals surface area contributed by atoms with Crippen molar-refractivity contribution in [2.75, 3.05) is 6.61 Å². The van der Waals surface area contributed by atoms with E-state index in [1.165, 1.54) is 6.07 Å². The largest absolute Gasteiger partial charge is 0.481 e. The first kappa shape index (κ1) is 17.0. The molecule has 2 rings (SSSR count). The first-order valence-corrected chi connectivity index (χ1v) is 7.99. The van der Waals surface area contributed by atoms with Gasteiger partial charge in [0.05, 0.1) is 10.0 Å². The van der Waals surface area contributed by atoms with Crippen LogP contribution in [0.4, 0.5) is 0 Å². The molecule has 22 heavy (non-hydrogen) atoms. The van der Waals surface area contributed by atoms with Crippen LogP contribution in [-0.4, -0.2) is 18.9 Å². The highest BCUT2D eigenvalue weighted by atomic mass is 79.9. The molecule has 0 aromatic heterocycles. The molecule has 0 N–H and O–H groups in total. The minimum absolute atomic E-state index is 0.182. The Kier molecular flexibility index (Phi) is 5.99. The molecule has 0 amide bonds. The lowest BCUT2D eigenvalue weighted by atomic mass is 10.2. The van der Waals surface area contributed by atoms with E-state index in [4.69, 9.17) is 21.1 Å². The van der Waals surface area contributed by atoms with Crippen LogP contribution >= 0.6 is 43.5 Å². The Balaban J connectivity index is 2.00. The summed E-state index contributed by atoms with van der Waals surface area (Å²) in [7, 11) is 0. The standard InChI is InChI=1S/C15H9Br2ClO4/c16-10-1-3-13(9(5-10)7-19)22-15(20)8-21-14-4-2-11(18)6-12(14)17/h1-7H,8H2. The van der Waals surface area contributed by atoms with E-state index in [2.05, 4.69) is 31.9 Å². The summed E-state index contributed by atoms with van der Waals surface area (Å²) in [6.07, 6.45) is 0.615. The van der Waals surface area contributed by atoms with Crippen molar-refractivity contribution in [3.63, 3.8) is 0 Å². The SMILES string of the molecule is O=Cc1cc(Br)ccc1OC(=O)COc1ccc(Cl)cc1Br. The smallest absolute Gasteiger partial charge is 0.349 e. The van der Waals surface area contributed by atoms with Crippen molar-refractivity contribution in [2.45, 2.75) is 0 Å². The summed E-state index contributed by atoms with van der Waals surface area (Å²) in [5.41, 5.74) is 0.274. The Hall–Kier alpha value is -1.37. The highest BCUT2D eigenvalue weighted by molar-refractivity contribution is 9.10. The maximum Gasteiger partial charge on any atom is 0.349 e. The first-order chi connectivity index (χ1) is 10.5. The fourth-order valence-corrected chi connectivity index (χ4v) is 2.76. The van der Waals surface area contributed by atoms with Crippen LogP contribution in [0.2, 0.25) is 5.02 Å². The van der Waals surface area contributed by atoms with Gasteiger partial charge < -0.3 is 9.47 Å². The molecule has 2 aromatic carbocycles. The van der Waals surface area contributed by atoms with Crippen LogP contribution in [0.5, 0.6) is 11.5 Å². The molecule has 0 saturated carbocycles. The highest BCUT2D eigenvalue weighted by Crippen LogP contribution is 2.28. The summed E-state index contributed by atoms with van der Waals surface area (Å²) >= 11 is 12.3. The molecule has 0 radical (unpaired) electrons. The molecule has 0 unspecified atom stereocenters. The van der Waals surface area contributed by atoms with Gasteiger partial charge in [-0.2, -0.15) is 0 Å². The van der Waals surface area contributed by atoms with Crippen molar-refractivity contribution in [3.05, 3.63) is 55.9 Å². The molecule has 2 aromatic rings. The summed E-state index contributed by atoms with van der Waals surface area (Å²) in [4.78, 5) is 22.8. The third-order valence-electron chi connectivity index (χ3n) is 2.56. The van der Waals surface area contributed by atoms with E-state index >= 15 is 0 Å². The number of ether oxygens (including phenoxy) is 2. The minimum Gasteiger partial charge on any atom is -0.481 e. The molecule has 7 heteroatoms. The maximum absolute atomic E-state index is 11.8. The summed E-state index contributed by atoms with van der Waals surface area (Å²) < 4.78 is 11.8. The van der Waals surface area contributed by atoms with Gasteiger partial charge in [-0.3, -0.25) is 4.79 Å². The van der Waals surface area contributed by atoms with Gasteiger partial charge in [-0.25, -0.2) is 4.79 Å². The Bertz CT molecular complexity index is 719. The Morgan fingerprint density at radius 2 is 1.86 bits per heavy atom. The molecule has 0 atom stereocenters. The number of carbonyl (C=O) groups is 2. The van der Waals surface area contributed by atoms with Gasteiger partial charge in [0.15, 0.2) is 12.9 Å². The van der Waals surface area contributed by atoms with Gasteiger partial charge in [0.1, 0.15) is 11.5 Å². The Labute approximate surface area is 148 Å². The number of carbonyl (C=O) groups excluding carboxylic acids is 2. The van der Waals surface area contributed by atoms with E-state index in [1.807, 2.05) is 0 Å². The first-order valence-electron chi connectivity index (χ1n) is 6.03. The Morgan fingerprint density at radius 3 is 2.55 bits per heavy atom. The zero-order valence-corrected chi connectivity index (χ0v) is 14.9. The predicted molar refractivity (Wildman–Crippen MR) is 89.8 cm³/mol. The average Bonchev–Trinajstić information content (AvgIpc) is 2.48. The van der Waals surface area contributed by atoms with Gasteiger partial charge in [-0.1, -0.05) is 27.5 Å². The number of aldehydes is 1. The molecule has 0 bridgehead atoms. The van der Waals surface area contributed by atoms with Crippen molar-refractivity contribution in [1.29, 1.82) is 0 Å². The zero-order chi connectivity index (χ0) is 16.1. The number of esters is 1. The second-order valence-corrected chi connectivity index (χ2v) is 6.34. The molecule has 0 fully saturated rings. The van der Waals surface area contributed by atoms with Gasteiger partial charge in [0.25, 0.3) is 0 Å². The topological polar surface area (TPSA) is 52.6 Å². The minimum atomic E-state index is -0.618. The number of hydrogen-bond acceptors (Lipinski definition) is 4. The third-order valence-corrected chi connectivity index (χ3v) is 3.91. The summed E-state index contributed by atoms with van der Waals surface area (Å²) in [6, 6.07) is 9.70. The van der Waals surface area contributed by atoms with Gasteiger partial charge in [-0.15, -0.1) is 0 Å². The number of rotatable bonds is 5. The second-order valence-electron chi connectivity index (χ2n) is 4.14. The van der Waals surface area contributed by atoms with Crippen LogP contribution in [0.15, 0.2) is 45.3 Å². The maximum atomic E-state index is 11.8. The molecule has 0 aliphatic rings. The van der Waals surface area contributed by atoms with Gasteiger partial charge in [0.2, 0.25) is 0 Å². The van der Waals surface area contributed by atoms with Crippen molar-refractivity contribution in [2.24, 2.45) is 0 Å². The Morgan fingerprint density at radius 1 is 1.14 bits per heavy atom. The molecule has 0 saturated heterocycles. The summed E-state index contributed by atoms with van der Waals surface area (Å²) in [6.45, 7) is -0.297. The lowest BCUT2D eigenvalue weighted by Crippen LogP contribution is -2.18. The van der Waals surface area contributed by atoms with E-state index < -0.39 is 5.97 Å². The number of hydrogen-bond donors (Lipinski definition) is 0. The predicted octanol–water partition coefficient (Wildman–Crippen LogP) is 4.66. The van der Waals surface area contributed by atoms with Crippen LogP contribution in [0.3, 0.4) is 0 Å². The van der Waals surface area contributed by atoms with Gasteiger partial charge >= 0.3 is 5.97 Å². The lowest BCUT2D eigenvalue weighted by Gasteiger charge is -2.09. The normalized spacial score (nSPS) is 10.1. The molecule has 0 aliphatic heterocycles.